The van der Waals surface area contributed by atoms with Gasteiger partial charge in [0.1, 0.15) is 0 Å². The molecule has 1 unspecified atom stereocenters. The van der Waals surface area contributed by atoms with Crippen LogP contribution in [0.25, 0.3) is 0 Å². The van der Waals surface area contributed by atoms with Crippen LogP contribution in [-0.2, 0) is 4.74 Å². The average Bonchev–Trinajstić information content (AvgIpc) is 2.70. The summed E-state index contributed by atoms with van der Waals surface area (Å²) < 4.78 is 5.01. The second-order valence-electron chi connectivity index (χ2n) is 4.34. The Labute approximate surface area is 94.2 Å². The smallest absolute Gasteiger partial charge is 0.0474 e. The lowest BCUT2D eigenvalue weighted by atomic mass is 10.2. The molecule has 1 saturated heterocycles. The topological polar surface area (TPSA) is 24.5 Å². The minimum absolute atomic E-state index is 0.853. The summed E-state index contributed by atoms with van der Waals surface area (Å²) in [6.07, 6.45) is 5.22. The van der Waals surface area contributed by atoms with Gasteiger partial charge < -0.3 is 10.1 Å². The van der Waals surface area contributed by atoms with E-state index >= 15 is 0 Å². The molecule has 1 aliphatic heterocycles. The number of hydrogen-bond acceptors (Lipinski definition) is 3. The first-order chi connectivity index (χ1) is 7.38. The second-order valence-corrected chi connectivity index (χ2v) is 4.34. The highest BCUT2D eigenvalue weighted by molar-refractivity contribution is 4.78. The van der Waals surface area contributed by atoms with E-state index < -0.39 is 0 Å². The van der Waals surface area contributed by atoms with Gasteiger partial charge in [0.2, 0.25) is 0 Å². The van der Waals surface area contributed by atoms with Gasteiger partial charge in [-0.05, 0) is 38.8 Å². The quantitative estimate of drug-likeness (QED) is 0.620. The van der Waals surface area contributed by atoms with Crippen molar-refractivity contribution in [3.8, 4) is 0 Å². The van der Waals surface area contributed by atoms with Gasteiger partial charge >= 0.3 is 0 Å². The number of nitrogens with zero attached hydrogens (tertiary/aromatic N) is 1. The minimum atomic E-state index is 0.853. The van der Waals surface area contributed by atoms with Crippen molar-refractivity contribution in [3.05, 3.63) is 0 Å². The molecule has 0 spiro atoms. The van der Waals surface area contributed by atoms with Crippen molar-refractivity contribution in [2.24, 2.45) is 0 Å². The van der Waals surface area contributed by atoms with Crippen molar-refractivity contribution in [3.63, 3.8) is 0 Å². The lowest BCUT2D eigenvalue weighted by molar-refractivity contribution is 0.193. The molecule has 0 bridgehead atoms. The Kier molecular flexibility index (Phi) is 6.98. The van der Waals surface area contributed by atoms with E-state index in [-0.39, 0.29) is 0 Å². The normalized spacial score (nSPS) is 22.4. The maximum Gasteiger partial charge on any atom is 0.0474 e. The SMILES string of the molecule is CCC1CCCN1CCNCCCOC. The van der Waals surface area contributed by atoms with E-state index in [0.717, 1.165) is 32.2 Å². The van der Waals surface area contributed by atoms with E-state index in [0.29, 0.717) is 0 Å². The first kappa shape index (κ1) is 12.9. The van der Waals surface area contributed by atoms with Crippen LogP contribution in [0.15, 0.2) is 0 Å². The Morgan fingerprint density at radius 1 is 1.40 bits per heavy atom. The van der Waals surface area contributed by atoms with Crippen molar-refractivity contribution in [1.29, 1.82) is 0 Å². The molecule has 1 rings (SSSR count). The highest BCUT2D eigenvalue weighted by Gasteiger charge is 2.21. The van der Waals surface area contributed by atoms with E-state index in [1.165, 1.54) is 32.4 Å². The molecule has 0 saturated carbocycles. The number of rotatable bonds is 8. The van der Waals surface area contributed by atoms with Crippen molar-refractivity contribution >= 4 is 0 Å². The summed E-state index contributed by atoms with van der Waals surface area (Å²) in [6, 6.07) is 0.853. The van der Waals surface area contributed by atoms with Crippen LogP contribution in [0.2, 0.25) is 0 Å². The number of methoxy groups -OCH3 is 1. The molecule has 1 atom stereocenters. The van der Waals surface area contributed by atoms with Gasteiger partial charge in [0.25, 0.3) is 0 Å². The monoisotopic (exact) mass is 214 g/mol. The fourth-order valence-electron chi connectivity index (χ4n) is 2.34. The van der Waals surface area contributed by atoms with Gasteiger partial charge in [-0.3, -0.25) is 4.90 Å². The number of ether oxygens (including phenoxy) is 1. The summed E-state index contributed by atoms with van der Waals surface area (Å²) in [5.74, 6) is 0. The standard InChI is InChI=1S/C12H26N2O/c1-3-12-6-4-9-14(12)10-8-13-7-5-11-15-2/h12-13H,3-11H2,1-2H3. The molecule has 0 aromatic heterocycles. The van der Waals surface area contributed by atoms with Gasteiger partial charge in [0.15, 0.2) is 0 Å². The zero-order valence-electron chi connectivity index (χ0n) is 10.3. The van der Waals surface area contributed by atoms with Crippen LogP contribution in [0, 0.1) is 0 Å². The molecule has 1 fully saturated rings. The van der Waals surface area contributed by atoms with Crippen LogP contribution in [0.4, 0.5) is 0 Å². The highest BCUT2D eigenvalue weighted by atomic mass is 16.5. The van der Waals surface area contributed by atoms with Gasteiger partial charge in [0, 0.05) is 32.8 Å². The van der Waals surface area contributed by atoms with Crippen LogP contribution in [0.1, 0.15) is 32.6 Å². The van der Waals surface area contributed by atoms with Gasteiger partial charge in [-0.1, -0.05) is 6.92 Å². The Bertz CT molecular complexity index is 153. The Hall–Kier alpha value is -0.120. The van der Waals surface area contributed by atoms with Crippen LogP contribution >= 0.6 is 0 Å². The van der Waals surface area contributed by atoms with Gasteiger partial charge in [-0.2, -0.15) is 0 Å². The fourth-order valence-corrected chi connectivity index (χ4v) is 2.34. The van der Waals surface area contributed by atoms with E-state index in [9.17, 15) is 0 Å². The molecule has 0 radical (unpaired) electrons. The maximum absolute atomic E-state index is 5.01. The van der Waals surface area contributed by atoms with Crippen molar-refractivity contribution < 1.29 is 4.74 Å². The molecule has 0 aromatic carbocycles. The summed E-state index contributed by atoms with van der Waals surface area (Å²) in [6.45, 7) is 7.89. The Balaban J connectivity index is 1.95. The third-order valence-electron chi connectivity index (χ3n) is 3.25. The van der Waals surface area contributed by atoms with E-state index in [1.54, 1.807) is 7.11 Å². The number of nitrogens with one attached hydrogen (secondary N) is 1. The predicted octanol–water partition coefficient (Wildman–Crippen LogP) is 1.49. The van der Waals surface area contributed by atoms with Crippen LogP contribution < -0.4 is 5.32 Å². The minimum Gasteiger partial charge on any atom is -0.385 e. The molecule has 1 heterocycles. The lowest BCUT2D eigenvalue weighted by Crippen LogP contribution is -2.35. The molecule has 3 heteroatoms. The largest absolute Gasteiger partial charge is 0.385 e. The summed E-state index contributed by atoms with van der Waals surface area (Å²) in [5, 5.41) is 3.47. The zero-order valence-corrected chi connectivity index (χ0v) is 10.3. The first-order valence-corrected chi connectivity index (χ1v) is 6.32. The molecule has 15 heavy (non-hydrogen) atoms. The average molecular weight is 214 g/mol. The van der Waals surface area contributed by atoms with Gasteiger partial charge in [-0.25, -0.2) is 0 Å². The molecule has 1 N–H and O–H groups in total. The van der Waals surface area contributed by atoms with E-state index in [2.05, 4.69) is 17.1 Å². The van der Waals surface area contributed by atoms with Crippen molar-refractivity contribution in [2.75, 3.05) is 39.9 Å². The predicted molar refractivity (Wildman–Crippen MR) is 64.2 cm³/mol. The summed E-state index contributed by atoms with van der Waals surface area (Å²) >= 11 is 0. The molecule has 90 valence electrons. The summed E-state index contributed by atoms with van der Waals surface area (Å²) in [7, 11) is 1.76. The van der Waals surface area contributed by atoms with E-state index in [4.69, 9.17) is 4.74 Å². The molecule has 0 aliphatic carbocycles. The van der Waals surface area contributed by atoms with Crippen LogP contribution in [0.5, 0.6) is 0 Å². The summed E-state index contributed by atoms with van der Waals surface area (Å²) in [4.78, 5) is 2.63. The third kappa shape index (κ3) is 4.96. The van der Waals surface area contributed by atoms with Gasteiger partial charge in [-0.15, -0.1) is 0 Å². The van der Waals surface area contributed by atoms with E-state index in [1.807, 2.05) is 0 Å². The molecule has 3 nitrogen and oxygen atoms in total. The van der Waals surface area contributed by atoms with Crippen LogP contribution in [0.3, 0.4) is 0 Å². The highest BCUT2D eigenvalue weighted by Crippen LogP contribution is 2.18. The first-order valence-electron chi connectivity index (χ1n) is 6.32. The Morgan fingerprint density at radius 2 is 2.27 bits per heavy atom. The zero-order chi connectivity index (χ0) is 10.9. The second kappa shape index (κ2) is 8.08. The molecular weight excluding hydrogens is 188 g/mol. The molecule has 0 amide bonds. The lowest BCUT2D eigenvalue weighted by Gasteiger charge is -2.23. The third-order valence-corrected chi connectivity index (χ3v) is 3.25. The van der Waals surface area contributed by atoms with Crippen molar-refractivity contribution in [1.82, 2.24) is 10.2 Å². The number of likely N-dealkylation sites (tertiary alicyclic amines) is 1. The molecule has 1 aliphatic rings. The fraction of sp³-hybridized carbons (Fsp3) is 1.00. The summed E-state index contributed by atoms with van der Waals surface area (Å²) in [5.41, 5.74) is 0. The Morgan fingerprint density at radius 3 is 3.00 bits per heavy atom. The molecule has 0 aromatic rings. The van der Waals surface area contributed by atoms with Gasteiger partial charge in [0.05, 0.1) is 0 Å². The van der Waals surface area contributed by atoms with Crippen LogP contribution in [-0.4, -0.2) is 50.8 Å². The number of hydrogen-bond donors (Lipinski definition) is 1. The van der Waals surface area contributed by atoms with Crippen molar-refractivity contribution in [2.45, 2.75) is 38.6 Å². The maximum atomic E-state index is 5.01. The molecular formula is C12H26N2O.